The molecule has 0 aliphatic carbocycles. The fourth-order valence-electron chi connectivity index (χ4n) is 1.75. The summed E-state index contributed by atoms with van der Waals surface area (Å²) in [6.07, 6.45) is 1.66. The van der Waals surface area contributed by atoms with E-state index in [1.165, 1.54) is 4.68 Å². The summed E-state index contributed by atoms with van der Waals surface area (Å²) < 4.78 is 3.22. The molecule has 1 amide bonds. The molecule has 18 heavy (non-hydrogen) atoms. The van der Waals surface area contributed by atoms with Crippen molar-refractivity contribution >= 4 is 17.4 Å². The van der Waals surface area contributed by atoms with Crippen molar-refractivity contribution in [2.45, 2.75) is 20.4 Å². The van der Waals surface area contributed by atoms with Gasteiger partial charge in [0.15, 0.2) is 0 Å². The lowest BCUT2D eigenvalue weighted by Crippen LogP contribution is -2.19. The van der Waals surface area contributed by atoms with Gasteiger partial charge in [-0.25, -0.2) is 0 Å². The van der Waals surface area contributed by atoms with Gasteiger partial charge in [0.2, 0.25) is 5.91 Å². The fourth-order valence-corrected chi connectivity index (χ4v) is 1.75. The zero-order chi connectivity index (χ0) is 13.3. The van der Waals surface area contributed by atoms with Crippen LogP contribution in [0, 0.1) is 13.8 Å². The summed E-state index contributed by atoms with van der Waals surface area (Å²) in [6, 6.07) is 1.65. The van der Waals surface area contributed by atoms with Crippen LogP contribution in [0.2, 0.25) is 0 Å². The number of aromatic nitrogens is 4. The van der Waals surface area contributed by atoms with Gasteiger partial charge in [0, 0.05) is 13.2 Å². The predicted octanol–water partition coefficient (Wildman–Crippen LogP) is 0.454. The number of carbonyl (C=O) groups excluding carboxylic acids is 1. The number of nitrogen functional groups attached to an aromatic ring is 1. The van der Waals surface area contributed by atoms with Crippen molar-refractivity contribution in [2.75, 3.05) is 11.1 Å². The van der Waals surface area contributed by atoms with Crippen LogP contribution in [0.5, 0.6) is 0 Å². The Morgan fingerprint density at radius 2 is 2.17 bits per heavy atom. The molecule has 0 aromatic carbocycles. The standard InChI is InChI=1S/C11H16N6O/c1-7-11(8(2)16(3)14-7)13-10(18)6-17-5-4-9(12)15-17/h4-5H,6H2,1-3H3,(H2,12,15)(H,13,18). The third-order valence-electron chi connectivity index (χ3n) is 2.74. The molecule has 0 saturated heterocycles. The quantitative estimate of drug-likeness (QED) is 0.825. The van der Waals surface area contributed by atoms with Gasteiger partial charge in [0.1, 0.15) is 12.4 Å². The maximum absolute atomic E-state index is 11.9. The minimum absolute atomic E-state index is 0.130. The molecule has 0 fully saturated rings. The molecule has 2 aromatic heterocycles. The number of anilines is 2. The molecular weight excluding hydrogens is 232 g/mol. The summed E-state index contributed by atoms with van der Waals surface area (Å²) in [7, 11) is 1.84. The van der Waals surface area contributed by atoms with Crippen LogP contribution in [0.1, 0.15) is 11.4 Å². The average Bonchev–Trinajstić information content (AvgIpc) is 2.78. The molecule has 0 atom stereocenters. The largest absolute Gasteiger partial charge is 0.382 e. The van der Waals surface area contributed by atoms with E-state index in [2.05, 4.69) is 15.5 Å². The Morgan fingerprint density at radius 3 is 2.67 bits per heavy atom. The zero-order valence-electron chi connectivity index (χ0n) is 10.6. The van der Waals surface area contributed by atoms with Gasteiger partial charge < -0.3 is 11.1 Å². The molecule has 7 heteroatoms. The van der Waals surface area contributed by atoms with Crippen LogP contribution in [0.15, 0.2) is 12.3 Å². The molecule has 0 bridgehead atoms. The summed E-state index contributed by atoms with van der Waals surface area (Å²) in [5.41, 5.74) is 7.95. The molecule has 0 radical (unpaired) electrons. The highest BCUT2D eigenvalue weighted by Crippen LogP contribution is 2.18. The van der Waals surface area contributed by atoms with E-state index in [9.17, 15) is 4.79 Å². The topological polar surface area (TPSA) is 90.8 Å². The number of nitrogens with one attached hydrogen (secondary N) is 1. The summed E-state index contributed by atoms with van der Waals surface area (Å²) in [4.78, 5) is 11.9. The van der Waals surface area contributed by atoms with E-state index in [1.54, 1.807) is 16.9 Å². The van der Waals surface area contributed by atoms with Crippen LogP contribution in [-0.4, -0.2) is 25.5 Å². The van der Waals surface area contributed by atoms with Crippen LogP contribution in [0.3, 0.4) is 0 Å². The average molecular weight is 248 g/mol. The fraction of sp³-hybridized carbons (Fsp3) is 0.364. The molecule has 0 saturated carbocycles. The molecule has 7 nitrogen and oxygen atoms in total. The van der Waals surface area contributed by atoms with Gasteiger partial charge in [-0.1, -0.05) is 0 Å². The molecule has 3 N–H and O–H groups in total. The first-order valence-corrected chi connectivity index (χ1v) is 5.56. The van der Waals surface area contributed by atoms with E-state index in [4.69, 9.17) is 5.73 Å². The number of hydrogen-bond donors (Lipinski definition) is 2. The second kappa shape index (κ2) is 4.52. The number of rotatable bonds is 3. The maximum Gasteiger partial charge on any atom is 0.246 e. The Balaban J connectivity index is 2.07. The number of amides is 1. The normalized spacial score (nSPS) is 10.6. The lowest BCUT2D eigenvalue weighted by atomic mass is 10.3. The number of carbonyl (C=O) groups is 1. The van der Waals surface area contributed by atoms with Crippen LogP contribution >= 0.6 is 0 Å². The highest BCUT2D eigenvalue weighted by molar-refractivity contribution is 5.91. The molecule has 0 aliphatic rings. The van der Waals surface area contributed by atoms with Crippen molar-refractivity contribution in [3.63, 3.8) is 0 Å². The molecule has 0 unspecified atom stereocenters. The Labute approximate surface area is 105 Å². The van der Waals surface area contributed by atoms with Crippen LogP contribution in [-0.2, 0) is 18.4 Å². The lowest BCUT2D eigenvalue weighted by Gasteiger charge is -2.05. The molecule has 2 aromatic rings. The van der Waals surface area contributed by atoms with Gasteiger partial charge in [0.25, 0.3) is 0 Å². The van der Waals surface area contributed by atoms with E-state index in [1.807, 2.05) is 20.9 Å². The number of aryl methyl sites for hydroxylation is 2. The van der Waals surface area contributed by atoms with Crippen molar-refractivity contribution in [1.82, 2.24) is 19.6 Å². The molecule has 0 aliphatic heterocycles. The number of hydrogen-bond acceptors (Lipinski definition) is 4. The number of nitrogens with zero attached hydrogens (tertiary/aromatic N) is 4. The minimum atomic E-state index is -0.155. The Morgan fingerprint density at radius 1 is 1.44 bits per heavy atom. The molecule has 0 spiro atoms. The second-order valence-corrected chi connectivity index (χ2v) is 4.16. The third-order valence-corrected chi connectivity index (χ3v) is 2.74. The monoisotopic (exact) mass is 248 g/mol. The van der Waals surface area contributed by atoms with Gasteiger partial charge in [-0.2, -0.15) is 10.2 Å². The molecule has 2 heterocycles. The Bertz CT molecular complexity index is 582. The van der Waals surface area contributed by atoms with Gasteiger partial charge in [-0.05, 0) is 19.9 Å². The first kappa shape index (κ1) is 12.2. The maximum atomic E-state index is 11.9. The highest BCUT2D eigenvalue weighted by atomic mass is 16.2. The molecule has 96 valence electrons. The smallest absolute Gasteiger partial charge is 0.246 e. The van der Waals surface area contributed by atoms with Gasteiger partial charge in [-0.3, -0.25) is 14.2 Å². The SMILES string of the molecule is Cc1nn(C)c(C)c1NC(=O)Cn1ccc(N)n1. The van der Waals surface area contributed by atoms with Crippen molar-refractivity contribution in [3.8, 4) is 0 Å². The van der Waals surface area contributed by atoms with E-state index >= 15 is 0 Å². The Hall–Kier alpha value is -2.31. The molecular formula is C11H16N6O. The van der Waals surface area contributed by atoms with Gasteiger partial charge in [0.05, 0.1) is 17.1 Å². The summed E-state index contributed by atoms with van der Waals surface area (Å²) in [5, 5.41) is 11.0. The lowest BCUT2D eigenvalue weighted by molar-refractivity contribution is -0.116. The zero-order valence-corrected chi connectivity index (χ0v) is 10.6. The van der Waals surface area contributed by atoms with Crippen molar-refractivity contribution in [2.24, 2.45) is 7.05 Å². The predicted molar refractivity (Wildman–Crippen MR) is 68.0 cm³/mol. The summed E-state index contributed by atoms with van der Waals surface area (Å²) in [5.74, 6) is 0.244. The van der Waals surface area contributed by atoms with Crippen molar-refractivity contribution in [1.29, 1.82) is 0 Å². The minimum Gasteiger partial charge on any atom is -0.382 e. The molecule has 2 rings (SSSR count). The third kappa shape index (κ3) is 2.34. The second-order valence-electron chi connectivity index (χ2n) is 4.16. The highest BCUT2D eigenvalue weighted by Gasteiger charge is 2.12. The Kier molecular flexibility index (Phi) is 3.05. The summed E-state index contributed by atoms with van der Waals surface area (Å²) in [6.45, 7) is 3.89. The first-order valence-electron chi connectivity index (χ1n) is 5.56. The van der Waals surface area contributed by atoms with E-state index in [0.29, 0.717) is 5.82 Å². The van der Waals surface area contributed by atoms with Crippen LogP contribution in [0.4, 0.5) is 11.5 Å². The van der Waals surface area contributed by atoms with Gasteiger partial charge >= 0.3 is 0 Å². The van der Waals surface area contributed by atoms with Crippen LogP contribution < -0.4 is 11.1 Å². The number of nitrogens with two attached hydrogens (primary N) is 1. The van der Waals surface area contributed by atoms with Gasteiger partial charge in [-0.15, -0.1) is 0 Å². The van der Waals surface area contributed by atoms with E-state index < -0.39 is 0 Å². The van der Waals surface area contributed by atoms with Crippen molar-refractivity contribution in [3.05, 3.63) is 23.7 Å². The van der Waals surface area contributed by atoms with E-state index in [-0.39, 0.29) is 12.5 Å². The first-order chi connectivity index (χ1) is 8.47. The van der Waals surface area contributed by atoms with E-state index in [0.717, 1.165) is 17.1 Å². The summed E-state index contributed by atoms with van der Waals surface area (Å²) >= 11 is 0. The van der Waals surface area contributed by atoms with Crippen LogP contribution in [0.25, 0.3) is 0 Å². The van der Waals surface area contributed by atoms with Crippen molar-refractivity contribution < 1.29 is 4.79 Å².